The molecule has 0 saturated carbocycles. The molecule has 0 bridgehead atoms. The molecule has 0 amide bonds. The Morgan fingerprint density at radius 2 is 0.545 bits per heavy atom. The zero-order valence-corrected chi connectivity index (χ0v) is 76.7. The maximum absolute atomic E-state index is 5.41. The molecule has 0 unspecified atom stereocenters. The van der Waals surface area contributed by atoms with Crippen molar-refractivity contribution >= 4 is 60.7 Å². The molecule has 1 radical (unpaired) electrons. The summed E-state index contributed by atoms with van der Waals surface area (Å²) in [7, 11) is 0. The van der Waals surface area contributed by atoms with Gasteiger partial charge in [0, 0.05) is 113 Å². The van der Waals surface area contributed by atoms with E-state index in [0.29, 0.717) is 0 Å². The van der Waals surface area contributed by atoms with Crippen LogP contribution in [0.4, 0.5) is 17.1 Å². The molecule has 5 nitrogen and oxygen atoms in total. The number of rotatable bonds is 20. The molecule has 0 aliphatic carbocycles. The van der Waals surface area contributed by atoms with Crippen LogP contribution in [0.2, 0.25) is 0 Å². The summed E-state index contributed by atoms with van der Waals surface area (Å²) < 4.78 is 84.8. The van der Waals surface area contributed by atoms with E-state index < -0.39 is 0 Å². The van der Waals surface area contributed by atoms with E-state index in [1.54, 1.807) is 0 Å². The second kappa shape index (κ2) is 39.9. The molecule has 659 valence electrons. The molecule has 23 aromatic rings. The van der Waals surface area contributed by atoms with Crippen molar-refractivity contribution in [2.45, 2.75) is 26.2 Å². The maximum atomic E-state index is 5.41. The van der Waals surface area contributed by atoms with Crippen LogP contribution in [0.3, 0.4) is 0 Å². The van der Waals surface area contributed by atoms with Gasteiger partial charge in [0.25, 0.3) is 0 Å². The van der Waals surface area contributed by atoms with E-state index in [1.165, 1.54) is 129 Å². The number of aryl methyl sites for hydroxylation is 1. The molecular weight excluding hydrogens is 1800 g/mol. The average Bonchev–Trinajstić information content (AvgIpc) is 1.60. The number of nitrogens with zero attached hydrogens (tertiary/aromatic N) is 5. The summed E-state index contributed by atoms with van der Waals surface area (Å²) in [6, 6.07) is 186. The largest absolute Gasteiger partial charge is 0.311 e. The van der Waals surface area contributed by atoms with Crippen LogP contribution in [0.15, 0.2) is 516 Å². The van der Waals surface area contributed by atoms with Crippen molar-refractivity contribution in [1.82, 2.24) is 19.1 Å². The van der Waals surface area contributed by atoms with Crippen LogP contribution in [0.1, 0.15) is 50.5 Å². The van der Waals surface area contributed by atoms with Crippen molar-refractivity contribution in [3.63, 3.8) is 0 Å². The van der Waals surface area contributed by atoms with Gasteiger partial charge in [0.05, 0.1) is 33.5 Å². The van der Waals surface area contributed by atoms with Crippen LogP contribution in [0.25, 0.3) is 189 Å². The van der Waals surface area contributed by atoms with Gasteiger partial charge < -0.3 is 19.0 Å². The van der Waals surface area contributed by atoms with Gasteiger partial charge in [0.15, 0.2) is 0 Å². The van der Waals surface area contributed by atoms with E-state index in [-0.39, 0.29) is 21.5 Å². The summed E-state index contributed by atoms with van der Waals surface area (Å²) in [4.78, 5) is 12.1. The van der Waals surface area contributed by atoms with E-state index in [1.807, 2.05) is 24.4 Å². The second-order valence-electron chi connectivity index (χ2n) is 33.7. The van der Waals surface area contributed by atoms with Gasteiger partial charge in [0.1, 0.15) is 0 Å². The molecule has 0 aliphatic heterocycles. The Kier molecular flexibility index (Phi) is 22.7. The monoisotopic (exact) mass is 1940 g/mol. The first-order valence-electron chi connectivity index (χ1n) is 53.8. The van der Waals surface area contributed by atoms with E-state index in [2.05, 4.69) is 523 Å². The van der Waals surface area contributed by atoms with Gasteiger partial charge in [-0.25, -0.2) is 4.98 Å². The minimum Gasteiger partial charge on any atom is -0.311 e. The van der Waals surface area contributed by atoms with Crippen LogP contribution in [-0.4, -0.2) is 19.1 Å². The first-order valence-corrected chi connectivity index (χ1v) is 45.8. The number of pyridine rings is 2. The third-order valence-electron chi connectivity index (χ3n) is 25.2. The van der Waals surface area contributed by atoms with Crippen LogP contribution in [0.5, 0.6) is 0 Å². The predicted octanol–water partition coefficient (Wildman–Crippen LogP) is 36.9. The Labute approximate surface area is 823 Å². The van der Waals surface area contributed by atoms with Gasteiger partial charge in [-0.15, -0.1) is 35.4 Å². The number of benzene rings is 19. The molecule has 4 aromatic heterocycles. The van der Waals surface area contributed by atoms with Gasteiger partial charge >= 0.3 is 0 Å². The van der Waals surface area contributed by atoms with Gasteiger partial charge in [-0.05, 0) is 239 Å². The summed E-state index contributed by atoms with van der Waals surface area (Å²) in [6.07, 6.45) is 5.45. The van der Waals surface area contributed by atoms with Gasteiger partial charge in [-0.2, -0.15) is 0 Å². The summed E-state index contributed by atoms with van der Waals surface area (Å²) >= 11 is 0. The summed E-state index contributed by atoms with van der Waals surface area (Å²) in [5.41, 5.74) is 39.1. The number of hydrogen-bond donors (Lipinski definition) is 0. The molecule has 0 saturated heterocycles. The van der Waals surface area contributed by atoms with Crippen molar-refractivity contribution in [1.29, 1.82) is 0 Å². The number of hydrogen-bond acceptors (Lipinski definition) is 3. The smallest absolute Gasteiger partial charge is 0.0715 e. The normalized spacial score (nSPS) is 11.5. The molecular formula is C128H112IrN5-. The minimum absolute atomic E-state index is 0. The zero-order chi connectivity index (χ0) is 105. The van der Waals surface area contributed by atoms with Crippen molar-refractivity contribution in [3.05, 3.63) is 527 Å². The van der Waals surface area contributed by atoms with Crippen molar-refractivity contribution < 1.29 is 45.3 Å². The summed E-state index contributed by atoms with van der Waals surface area (Å²) in [6.45, 7) is 2.21. The molecule has 0 fully saturated rings. The fourth-order valence-electron chi connectivity index (χ4n) is 18.4. The van der Waals surface area contributed by atoms with E-state index in [4.69, 9.17) is 28.7 Å². The van der Waals surface area contributed by atoms with Crippen LogP contribution in [-0.2, 0) is 26.5 Å². The standard InChI is InChI=1S/C59H39N3.C54H39N.C15H16N.Ir.9H2/c1-2-16-40(17-3-1)47-38-54(45-22-12-18-41(34-45)43-20-14-24-48(36-43)61-56-30-8-4-26-50(56)51-27-5-9-31-57(51)61)60-55(39-47)46-23-13-19-42(35-46)44-21-15-25-49(37-44)62-58-32-10-6-28-52(58)53-29-7-11-33-59(53)62;1-4-13-40(14-5-1)46-19-10-22-49(37-46)43-25-31-52(32-26-43)55(53-33-27-44(28-34-53)50-23-11-20-47(38-50)41-15-6-2-7-16-41)54-35-29-45(30-36-54)51-24-12-21-48(39-51)42-17-8-3-9-18-42;1-2-3-6-13-8-10-14(11-9-13)15-7-4-5-12-16-15;;;;;;;;;;/h1-39H;1-39H;4-5,7-10,12H,2-3,6H2,1H3;;9*1H/q;;-1;;;;;;;;;;/i;;;;7*1+2T;1+2;1+1D. The number of fused-ring (bicyclic) bond motifs is 6. The first-order chi connectivity index (χ1) is 73.9. The van der Waals surface area contributed by atoms with Crippen molar-refractivity contribution in [2.24, 2.45) is 0 Å². The third kappa shape index (κ3) is 18.6. The first kappa shape index (κ1) is 76.4. The van der Waals surface area contributed by atoms with Gasteiger partial charge in [-0.3, -0.25) is 0 Å². The van der Waals surface area contributed by atoms with Crippen molar-refractivity contribution in [3.8, 4) is 145 Å². The Bertz CT molecular complexity index is 7440. The van der Waals surface area contributed by atoms with Gasteiger partial charge in [0.2, 0.25) is 0 Å². The Morgan fingerprint density at radius 3 is 0.873 bits per heavy atom. The molecule has 19 aromatic carbocycles. The Hall–Kier alpha value is -16.5. The maximum Gasteiger partial charge on any atom is 0.0715 e. The molecule has 23 rings (SSSR count). The second-order valence-corrected chi connectivity index (χ2v) is 33.7. The Balaban J connectivity index is 0.000000222. The fourth-order valence-corrected chi connectivity index (χ4v) is 18.4. The molecule has 4 heterocycles. The summed E-state index contributed by atoms with van der Waals surface area (Å²) in [5, 5.41) is 5.03. The minimum atomic E-state index is 0. The van der Waals surface area contributed by atoms with E-state index in [9.17, 15) is 0 Å². The van der Waals surface area contributed by atoms with Crippen LogP contribution < -0.4 is 4.90 Å². The van der Waals surface area contributed by atoms with E-state index in [0.717, 1.165) is 102 Å². The molecule has 0 atom stereocenters. The third-order valence-corrected chi connectivity index (χ3v) is 25.2. The number of aromatic nitrogens is 4. The van der Waals surface area contributed by atoms with Crippen molar-refractivity contribution in [2.75, 3.05) is 4.90 Å². The molecule has 6 heteroatoms. The SMILES string of the molecule is CCCCc1c[c-]c(-c2ccccn2)cc1.[2H][2H].[3HH].[3H][3H].[3H][3H].[3H][3H].[3H][3H].[3H][3H].[3H][3H].[3H][3H].[Ir].c1ccc(-c2cc(-c3cccc(-c4cccc(-n5c6ccccc6c6ccccc65)c4)c3)nc(-c3cccc(-c4cccc(-n5c6ccccc6c6ccccc65)c4)c3)c2)cc1.c1ccc(-c2cccc(-c3ccc(N(c4ccc(-c5cccc(-c6ccccc6)c5)cc4)c4ccc(-c5cccc(-c6ccccc6)c5)cc4)cc3)c2)cc1. The predicted molar refractivity (Wildman–Crippen MR) is 580 cm³/mol. The number of anilines is 3. The number of unbranched alkanes of at least 4 members (excludes halogenated alkanes) is 1. The summed E-state index contributed by atoms with van der Waals surface area (Å²) in [5.74, 6) is 0. The molecule has 0 N–H and O–H groups in total. The molecule has 134 heavy (non-hydrogen) atoms. The van der Waals surface area contributed by atoms with Crippen LogP contribution in [0, 0.1) is 6.07 Å². The Morgan fingerprint density at radius 1 is 0.261 bits per heavy atom. The van der Waals surface area contributed by atoms with E-state index >= 15 is 0 Å². The fraction of sp³-hybridized carbons (Fsp3) is 0.0312. The average molecular weight is 1940 g/mol. The molecule has 0 aliphatic rings. The zero-order valence-electron chi connectivity index (χ0n) is 90.3. The van der Waals surface area contributed by atoms with Gasteiger partial charge in [-0.1, -0.05) is 384 Å². The topological polar surface area (TPSA) is 38.9 Å². The quantitative estimate of drug-likeness (QED) is 0.0714. The molecule has 0 spiro atoms. The number of para-hydroxylation sites is 4. The van der Waals surface area contributed by atoms with Crippen LogP contribution >= 0.6 is 0 Å².